The molecule has 1 aliphatic rings. The summed E-state index contributed by atoms with van der Waals surface area (Å²) in [6.07, 6.45) is 0.989. The summed E-state index contributed by atoms with van der Waals surface area (Å²) in [4.78, 5) is 10.9. The first-order chi connectivity index (χ1) is 16.6. The quantitative estimate of drug-likeness (QED) is 0.404. The third-order valence-electron chi connectivity index (χ3n) is 4.61. The summed E-state index contributed by atoms with van der Waals surface area (Å²) in [6, 6.07) is 8.29. The molecule has 2 aromatic carbocycles. The van der Waals surface area contributed by atoms with E-state index in [1.54, 1.807) is 12.1 Å². The summed E-state index contributed by atoms with van der Waals surface area (Å²) in [5, 5.41) is 8.94. The zero-order valence-corrected chi connectivity index (χ0v) is 23.3. The molecule has 5 nitrogen and oxygen atoms in total. The van der Waals surface area contributed by atoms with Crippen molar-refractivity contribution < 1.29 is 28.5 Å². The Hall–Kier alpha value is -2.76. The highest BCUT2D eigenvalue weighted by atomic mass is 19.1. The average molecular weight is 493 g/mol. The zero-order valence-electron chi connectivity index (χ0n) is 23.3. The van der Waals surface area contributed by atoms with Crippen LogP contribution in [0, 0.1) is 5.82 Å². The molecule has 1 N–H and O–H groups in total. The topological polar surface area (TPSA) is 65.0 Å². The summed E-state index contributed by atoms with van der Waals surface area (Å²) in [5.74, 6) is 0.684. The number of ether oxygens (including phenoxy) is 3. The standard InChI is InChI=1S/C23H27FO5.3C2H6/c1-14(2)28-20-11-19(7-5-15(20)6-8-21(25)26)27-13-17-10-18(24)9-16-12-23(3,4)29-22(16)17;3*1-2/h5,7,9-11,14H,6,8,12-13H2,1-4H3,(H,25,26);3*1-2H3. The second kappa shape index (κ2) is 16.0. The maximum Gasteiger partial charge on any atom is 0.303 e. The molecule has 0 aliphatic carbocycles. The van der Waals surface area contributed by atoms with Gasteiger partial charge in [-0.05, 0) is 57.9 Å². The highest BCUT2D eigenvalue weighted by Crippen LogP contribution is 2.39. The van der Waals surface area contributed by atoms with Gasteiger partial charge in [0.25, 0.3) is 0 Å². The molecule has 0 unspecified atom stereocenters. The van der Waals surface area contributed by atoms with Gasteiger partial charge in [-0.15, -0.1) is 0 Å². The third kappa shape index (κ3) is 10.6. The van der Waals surface area contributed by atoms with Crippen LogP contribution in [0.2, 0.25) is 0 Å². The first kappa shape index (κ1) is 32.2. The van der Waals surface area contributed by atoms with Crippen molar-refractivity contribution in [3.8, 4) is 17.2 Å². The molecular weight excluding hydrogens is 447 g/mol. The molecule has 0 saturated heterocycles. The highest BCUT2D eigenvalue weighted by Gasteiger charge is 2.32. The molecule has 6 heteroatoms. The Balaban J connectivity index is 0.00000179. The number of carboxylic acid groups (broad SMARTS) is 1. The van der Waals surface area contributed by atoms with E-state index in [1.807, 2.05) is 75.3 Å². The molecule has 0 spiro atoms. The second-order valence-electron chi connectivity index (χ2n) is 8.21. The lowest BCUT2D eigenvalue weighted by atomic mass is 10.0. The van der Waals surface area contributed by atoms with E-state index in [0.717, 1.165) is 11.1 Å². The lowest BCUT2D eigenvalue weighted by molar-refractivity contribution is -0.136. The molecule has 0 aromatic heterocycles. The van der Waals surface area contributed by atoms with Crippen LogP contribution in [0.1, 0.15) is 92.3 Å². The normalized spacial score (nSPS) is 12.5. The van der Waals surface area contributed by atoms with Crippen molar-refractivity contribution in [3.05, 3.63) is 52.8 Å². The number of benzene rings is 2. The summed E-state index contributed by atoms with van der Waals surface area (Å²) in [7, 11) is 0. The minimum absolute atomic E-state index is 0.0250. The monoisotopic (exact) mass is 492 g/mol. The van der Waals surface area contributed by atoms with Crippen LogP contribution in [0.15, 0.2) is 30.3 Å². The first-order valence-electron chi connectivity index (χ1n) is 12.8. The number of carbonyl (C=O) groups is 1. The summed E-state index contributed by atoms with van der Waals surface area (Å²) in [5.41, 5.74) is 1.95. The van der Waals surface area contributed by atoms with Gasteiger partial charge in [0.05, 0.1) is 6.10 Å². The SMILES string of the molecule is CC.CC.CC.CC(C)Oc1cc(OCc2cc(F)cc3c2OC(C)(C)C3)ccc1CCC(=O)O. The van der Waals surface area contributed by atoms with Gasteiger partial charge in [-0.25, -0.2) is 4.39 Å². The Morgan fingerprint density at radius 1 is 1.06 bits per heavy atom. The number of hydrogen-bond donors (Lipinski definition) is 1. The van der Waals surface area contributed by atoms with Crippen molar-refractivity contribution in [2.45, 2.75) is 107 Å². The summed E-state index contributed by atoms with van der Waals surface area (Å²) in [6.45, 7) is 19.9. The van der Waals surface area contributed by atoms with Gasteiger partial charge < -0.3 is 19.3 Å². The van der Waals surface area contributed by atoms with E-state index in [0.29, 0.717) is 35.7 Å². The average Bonchev–Trinajstić information content (AvgIpc) is 3.14. The minimum Gasteiger partial charge on any atom is -0.491 e. The maximum atomic E-state index is 14.0. The van der Waals surface area contributed by atoms with Crippen molar-refractivity contribution >= 4 is 5.97 Å². The van der Waals surface area contributed by atoms with E-state index in [4.69, 9.17) is 19.3 Å². The van der Waals surface area contributed by atoms with Crippen molar-refractivity contribution in [2.24, 2.45) is 0 Å². The van der Waals surface area contributed by atoms with E-state index in [-0.39, 0.29) is 30.5 Å². The van der Waals surface area contributed by atoms with Crippen LogP contribution in [-0.2, 0) is 24.2 Å². The third-order valence-corrected chi connectivity index (χ3v) is 4.61. The minimum atomic E-state index is -0.858. The van der Waals surface area contributed by atoms with E-state index < -0.39 is 5.97 Å². The Morgan fingerprint density at radius 3 is 2.26 bits per heavy atom. The number of rotatable bonds is 8. The molecule has 0 amide bonds. The predicted molar refractivity (Wildman–Crippen MR) is 141 cm³/mol. The van der Waals surface area contributed by atoms with Gasteiger partial charge in [0.15, 0.2) is 0 Å². The fraction of sp³-hybridized carbons (Fsp3) is 0.552. The van der Waals surface area contributed by atoms with Gasteiger partial charge in [-0.2, -0.15) is 0 Å². The Labute approximate surface area is 211 Å². The van der Waals surface area contributed by atoms with Crippen LogP contribution in [0.4, 0.5) is 4.39 Å². The Bertz CT molecular complexity index is 906. The van der Waals surface area contributed by atoms with Crippen LogP contribution < -0.4 is 14.2 Å². The van der Waals surface area contributed by atoms with Crippen LogP contribution >= 0.6 is 0 Å². The van der Waals surface area contributed by atoms with Crippen molar-refractivity contribution in [1.82, 2.24) is 0 Å². The Kier molecular flexibility index (Phi) is 14.7. The van der Waals surface area contributed by atoms with E-state index in [9.17, 15) is 9.18 Å². The molecule has 1 heterocycles. The van der Waals surface area contributed by atoms with Crippen molar-refractivity contribution in [2.75, 3.05) is 0 Å². The second-order valence-corrected chi connectivity index (χ2v) is 8.21. The van der Waals surface area contributed by atoms with Gasteiger partial charge in [-0.1, -0.05) is 47.6 Å². The molecule has 1 aliphatic heterocycles. The van der Waals surface area contributed by atoms with Crippen molar-refractivity contribution in [3.63, 3.8) is 0 Å². The predicted octanol–water partition coefficient (Wildman–Crippen LogP) is 8.00. The maximum absolute atomic E-state index is 14.0. The number of aryl methyl sites for hydroxylation is 1. The summed E-state index contributed by atoms with van der Waals surface area (Å²) >= 11 is 0. The lowest BCUT2D eigenvalue weighted by Crippen LogP contribution is -2.25. The van der Waals surface area contributed by atoms with Gasteiger partial charge in [0.1, 0.15) is 35.3 Å². The summed E-state index contributed by atoms with van der Waals surface area (Å²) < 4.78 is 31.8. The fourth-order valence-corrected chi connectivity index (χ4v) is 3.45. The number of fused-ring (bicyclic) bond motifs is 1. The first-order valence-corrected chi connectivity index (χ1v) is 12.8. The molecule has 198 valence electrons. The number of halogens is 1. The van der Waals surface area contributed by atoms with Gasteiger partial charge >= 0.3 is 5.97 Å². The molecule has 0 fully saturated rings. The van der Waals surface area contributed by atoms with Gasteiger partial charge in [0, 0.05) is 30.0 Å². The fourth-order valence-electron chi connectivity index (χ4n) is 3.45. The zero-order chi connectivity index (χ0) is 27.2. The molecule has 0 radical (unpaired) electrons. The smallest absolute Gasteiger partial charge is 0.303 e. The van der Waals surface area contributed by atoms with Crippen molar-refractivity contribution in [1.29, 1.82) is 0 Å². The van der Waals surface area contributed by atoms with Crippen LogP contribution in [0.3, 0.4) is 0 Å². The van der Waals surface area contributed by atoms with E-state index >= 15 is 0 Å². The molecule has 35 heavy (non-hydrogen) atoms. The van der Waals surface area contributed by atoms with Crippen LogP contribution in [-0.4, -0.2) is 22.8 Å². The molecule has 0 saturated carbocycles. The molecule has 0 atom stereocenters. The van der Waals surface area contributed by atoms with E-state index in [1.165, 1.54) is 12.1 Å². The molecule has 3 rings (SSSR count). The number of aliphatic carboxylic acids is 1. The van der Waals surface area contributed by atoms with Gasteiger partial charge in [-0.3, -0.25) is 4.79 Å². The molecule has 0 bridgehead atoms. The Morgan fingerprint density at radius 2 is 1.69 bits per heavy atom. The highest BCUT2D eigenvalue weighted by molar-refractivity contribution is 5.67. The van der Waals surface area contributed by atoms with E-state index in [2.05, 4.69) is 0 Å². The van der Waals surface area contributed by atoms with Crippen LogP contribution in [0.25, 0.3) is 0 Å². The van der Waals surface area contributed by atoms with Crippen LogP contribution in [0.5, 0.6) is 17.2 Å². The van der Waals surface area contributed by atoms with Gasteiger partial charge in [0.2, 0.25) is 0 Å². The lowest BCUT2D eigenvalue weighted by Gasteiger charge is -2.19. The largest absolute Gasteiger partial charge is 0.491 e. The molecular formula is C29H45FO5. The number of carboxylic acids is 1. The molecule has 2 aromatic rings. The number of hydrogen-bond acceptors (Lipinski definition) is 4.